The monoisotopic (exact) mass is 304 g/mol. The first kappa shape index (κ1) is 14.0. The van der Waals surface area contributed by atoms with Gasteiger partial charge in [0.1, 0.15) is 0 Å². The lowest BCUT2D eigenvalue weighted by Gasteiger charge is -2.16. The molecule has 0 aliphatic rings. The van der Waals surface area contributed by atoms with Crippen molar-refractivity contribution in [3.8, 4) is 0 Å². The minimum Gasteiger partial charge on any atom is -0.373 e. The molecule has 1 aromatic carbocycles. The van der Waals surface area contributed by atoms with Crippen LogP contribution < -0.4 is 0 Å². The van der Waals surface area contributed by atoms with Gasteiger partial charge in [0, 0.05) is 17.0 Å². The molecule has 0 saturated carbocycles. The van der Waals surface area contributed by atoms with E-state index in [0.717, 1.165) is 28.9 Å². The molecule has 1 aromatic rings. The van der Waals surface area contributed by atoms with Gasteiger partial charge in [-0.05, 0) is 30.0 Å². The Bertz CT molecular complexity index is 315. The summed E-state index contributed by atoms with van der Waals surface area (Å²) >= 11 is 9.44. The molecular formula is C13H18BrClO. The zero-order valence-electron chi connectivity index (χ0n) is 9.75. The van der Waals surface area contributed by atoms with Crippen molar-refractivity contribution < 1.29 is 4.74 Å². The second kappa shape index (κ2) is 7.31. The molecule has 1 rings (SSSR count). The molecule has 0 fully saturated rings. The molecule has 0 spiro atoms. The number of hydrogen-bond donors (Lipinski definition) is 0. The number of halogens is 2. The van der Waals surface area contributed by atoms with Crippen LogP contribution in [0.15, 0.2) is 24.3 Å². The maximum absolute atomic E-state index is 5.96. The van der Waals surface area contributed by atoms with E-state index in [9.17, 15) is 0 Å². The number of hydrogen-bond acceptors (Lipinski definition) is 1. The SMILES string of the molecule is CC(C)CCOC(CBr)c1cccc(Cl)c1. The third kappa shape index (κ3) is 4.86. The highest BCUT2D eigenvalue weighted by Gasteiger charge is 2.10. The van der Waals surface area contributed by atoms with Crippen molar-refractivity contribution in [1.29, 1.82) is 0 Å². The van der Waals surface area contributed by atoms with Gasteiger partial charge in [-0.3, -0.25) is 0 Å². The first-order valence-corrected chi connectivity index (χ1v) is 7.06. The van der Waals surface area contributed by atoms with E-state index in [-0.39, 0.29) is 6.10 Å². The first-order chi connectivity index (χ1) is 7.63. The second-order valence-corrected chi connectivity index (χ2v) is 5.34. The number of benzene rings is 1. The fourth-order valence-corrected chi connectivity index (χ4v) is 2.14. The van der Waals surface area contributed by atoms with Crippen molar-refractivity contribution in [2.24, 2.45) is 5.92 Å². The van der Waals surface area contributed by atoms with E-state index in [1.54, 1.807) is 0 Å². The lowest BCUT2D eigenvalue weighted by atomic mass is 10.1. The Morgan fingerprint density at radius 2 is 2.12 bits per heavy atom. The van der Waals surface area contributed by atoms with Crippen molar-refractivity contribution in [3.63, 3.8) is 0 Å². The highest BCUT2D eigenvalue weighted by molar-refractivity contribution is 9.09. The normalized spacial score (nSPS) is 13.1. The standard InChI is InChI=1S/C13H18BrClO/c1-10(2)6-7-16-13(9-14)11-4-3-5-12(15)8-11/h3-5,8,10,13H,6-7,9H2,1-2H3. The van der Waals surface area contributed by atoms with Gasteiger partial charge in [-0.1, -0.05) is 53.5 Å². The summed E-state index contributed by atoms with van der Waals surface area (Å²) in [6, 6.07) is 7.85. The fourth-order valence-electron chi connectivity index (χ4n) is 1.38. The third-order valence-electron chi connectivity index (χ3n) is 2.37. The summed E-state index contributed by atoms with van der Waals surface area (Å²) in [6.45, 7) is 5.19. The molecular weight excluding hydrogens is 287 g/mol. The van der Waals surface area contributed by atoms with E-state index in [0.29, 0.717) is 5.92 Å². The van der Waals surface area contributed by atoms with Gasteiger partial charge in [-0.25, -0.2) is 0 Å². The van der Waals surface area contributed by atoms with Crippen LogP contribution in [-0.2, 0) is 4.74 Å². The molecule has 0 bridgehead atoms. The van der Waals surface area contributed by atoms with Crippen LogP contribution in [0, 0.1) is 5.92 Å². The molecule has 3 heteroatoms. The number of alkyl halides is 1. The molecule has 0 saturated heterocycles. The summed E-state index contributed by atoms with van der Waals surface area (Å²) in [5.74, 6) is 0.676. The predicted octanol–water partition coefficient (Wildman–Crippen LogP) is 4.84. The highest BCUT2D eigenvalue weighted by Crippen LogP contribution is 2.23. The van der Waals surface area contributed by atoms with E-state index in [2.05, 4.69) is 29.8 Å². The van der Waals surface area contributed by atoms with E-state index >= 15 is 0 Å². The molecule has 0 aromatic heterocycles. The molecule has 0 N–H and O–H groups in total. The summed E-state index contributed by atoms with van der Waals surface area (Å²) in [5, 5.41) is 1.56. The van der Waals surface area contributed by atoms with Gasteiger partial charge < -0.3 is 4.74 Å². The average molecular weight is 306 g/mol. The molecule has 1 nitrogen and oxygen atoms in total. The van der Waals surface area contributed by atoms with Crippen LogP contribution in [0.2, 0.25) is 5.02 Å². The van der Waals surface area contributed by atoms with Crippen LogP contribution in [0.25, 0.3) is 0 Å². The quantitative estimate of drug-likeness (QED) is 0.683. The molecule has 1 unspecified atom stereocenters. The fraction of sp³-hybridized carbons (Fsp3) is 0.538. The van der Waals surface area contributed by atoms with Crippen molar-refractivity contribution in [2.45, 2.75) is 26.4 Å². The van der Waals surface area contributed by atoms with Gasteiger partial charge in [0.05, 0.1) is 6.10 Å². The minimum absolute atomic E-state index is 0.0949. The summed E-state index contributed by atoms with van der Waals surface area (Å²) < 4.78 is 5.84. The number of ether oxygens (including phenoxy) is 1. The van der Waals surface area contributed by atoms with Crippen molar-refractivity contribution >= 4 is 27.5 Å². The Labute approximate surface area is 111 Å². The molecule has 0 radical (unpaired) electrons. The Kier molecular flexibility index (Phi) is 6.40. The zero-order valence-corrected chi connectivity index (χ0v) is 12.1. The lowest BCUT2D eigenvalue weighted by molar-refractivity contribution is 0.0622. The third-order valence-corrected chi connectivity index (χ3v) is 3.20. The van der Waals surface area contributed by atoms with Crippen LogP contribution >= 0.6 is 27.5 Å². The smallest absolute Gasteiger partial charge is 0.0922 e. The van der Waals surface area contributed by atoms with Gasteiger partial charge in [0.25, 0.3) is 0 Å². The number of rotatable bonds is 6. The van der Waals surface area contributed by atoms with Crippen molar-refractivity contribution in [1.82, 2.24) is 0 Å². The highest BCUT2D eigenvalue weighted by atomic mass is 79.9. The molecule has 0 amide bonds. The Morgan fingerprint density at radius 3 is 2.69 bits per heavy atom. The van der Waals surface area contributed by atoms with Gasteiger partial charge >= 0.3 is 0 Å². The topological polar surface area (TPSA) is 9.23 Å². The maximum atomic E-state index is 5.96. The summed E-state index contributed by atoms with van der Waals surface area (Å²) in [7, 11) is 0. The van der Waals surface area contributed by atoms with Crippen LogP contribution in [0.1, 0.15) is 31.9 Å². The van der Waals surface area contributed by atoms with Gasteiger partial charge in [-0.2, -0.15) is 0 Å². The van der Waals surface area contributed by atoms with Gasteiger partial charge in [0.15, 0.2) is 0 Å². The largest absolute Gasteiger partial charge is 0.373 e. The van der Waals surface area contributed by atoms with Gasteiger partial charge in [-0.15, -0.1) is 0 Å². The van der Waals surface area contributed by atoms with E-state index in [1.807, 2.05) is 24.3 Å². The molecule has 1 atom stereocenters. The maximum Gasteiger partial charge on any atom is 0.0922 e. The zero-order chi connectivity index (χ0) is 12.0. The van der Waals surface area contributed by atoms with Crippen LogP contribution in [0.5, 0.6) is 0 Å². The molecule has 0 aliphatic carbocycles. The van der Waals surface area contributed by atoms with E-state index < -0.39 is 0 Å². The molecule has 0 heterocycles. The Morgan fingerprint density at radius 1 is 1.38 bits per heavy atom. The lowest BCUT2D eigenvalue weighted by Crippen LogP contribution is -2.08. The first-order valence-electron chi connectivity index (χ1n) is 5.56. The van der Waals surface area contributed by atoms with Crippen molar-refractivity contribution in [3.05, 3.63) is 34.9 Å². The molecule has 90 valence electrons. The van der Waals surface area contributed by atoms with Crippen molar-refractivity contribution in [2.75, 3.05) is 11.9 Å². The van der Waals surface area contributed by atoms with E-state index in [1.165, 1.54) is 0 Å². The second-order valence-electron chi connectivity index (χ2n) is 4.25. The Hall–Kier alpha value is -0.0500. The van der Waals surface area contributed by atoms with Crippen LogP contribution in [0.4, 0.5) is 0 Å². The van der Waals surface area contributed by atoms with E-state index in [4.69, 9.17) is 16.3 Å². The molecule has 16 heavy (non-hydrogen) atoms. The van der Waals surface area contributed by atoms with Gasteiger partial charge in [0.2, 0.25) is 0 Å². The summed E-state index contributed by atoms with van der Waals surface area (Å²) in [6.07, 6.45) is 1.18. The average Bonchev–Trinajstić information content (AvgIpc) is 2.24. The summed E-state index contributed by atoms with van der Waals surface area (Å²) in [4.78, 5) is 0. The summed E-state index contributed by atoms with van der Waals surface area (Å²) in [5.41, 5.74) is 1.13. The van der Waals surface area contributed by atoms with Crippen LogP contribution in [-0.4, -0.2) is 11.9 Å². The Balaban J connectivity index is 2.53. The minimum atomic E-state index is 0.0949. The van der Waals surface area contributed by atoms with Crippen LogP contribution in [0.3, 0.4) is 0 Å². The molecule has 0 aliphatic heterocycles. The predicted molar refractivity (Wildman–Crippen MR) is 73.4 cm³/mol.